The number of ether oxygens (including phenoxy) is 2. The Kier molecular flexibility index (Phi) is 4.33. The van der Waals surface area contributed by atoms with Crippen molar-refractivity contribution >= 4 is 12.1 Å². The van der Waals surface area contributed by atoms with Crippen molar-refractivity contribution in [3.63, 3.8) is 0 Å². The number of methoxy groups -OCH3 is 2. The normalized spacial score (nSPS) is 10.0. The molecule has 4 nitrogen and oxygen atoms in total. The second-order valence-electron chi connectivity index (χ2n) is 4.25. The molecule has 2 aromatic carbocycles. The molecule has 0 aliphatic carbocycles. The van der Waals surface area contributed by atoms with Crippen molar-refractivity contribution in [1.29, 1.82) is 0 Å². The summed E-state index contributed by atoms with van der Waals surface area (Å²) in [5.74, 6) is -0.540. The van der Waals surface area contributed by atoms with E-state index in [1.165, 1.54) is 38.5 Å². The maximum atomic E-state index is 13.9. The molecule has 0 saturated heterocycles. The van der Waals surface area contributed by atoms with Gasteiger partial charge in [-0.25, -0.2) is 4.39 Å². The quantitative estimate of drug-likeness (QED) is 0.627. The highest BCUT2D eigenvalue weighted by Gasteiger charge is 2.19. The lowest BCUT2D eigenvalue weighted by atomic mass is 9.98. The van der Waals surface area contributed by atoms with E-state index in [1.54, 1.807) is 6.07 Å². The lowest BCUT2D eigenvalue weighted by Crippen LogP contribution is -2.08. The van der Waals surface area contributed by atoms with Crippen molar-refractivity contribution in [2.24, 2.45) is 0 Å². The van der Waals surface area contributed by atoms with E-state index < -0.39 is 11.6 Å². The third kappa shape index (κ3) is 2.91. The molecule has 2 aromatic rings. The molecular weight excluding hydrogens is 275 g/mol. The summed E-state index contributed by atoms with van der Waals surface area (Å²) in [5, 5.41) is 0. The van der Waals surface area contributed by atoms with Gasteiger partial charge in [0.05, 0.1) is 19.8 Å². The topological polar surface area (TPSA) is 52.6 Å². The highest BCUT2D eigenvalue weighted by Crippen LogP contribution is 2.25. The highest BCUT2D eigenvalue weighted by molar-refractivity contribution is 6.13. The maximum absolute atomic E-state index is 13.9. The van der Waals surface area contributed by atoms with Crippen LogP contribution in [-0.4, -0.2) is 26.3 Å². The van der Waals surface area contributed by atoms with Crippen LogP contribution in [0.4, 0.5) is 4.39 Å². The van der Waals surface area contributed by atoms with Gasteiger partial charge in [0.1, 0.15) is 17.3 Å². The van der Waals surface area contributed by atoms with Crippen molar-refractivity contribution in [2.45, 2.75) is 0 Å². The summed E-state index contributed by atoms with van der Waals surface area (Å²) in [6, 6.07) is 8.43. The minimum atomic E-state index is -0.744. The van der Waals surface area contributed by atoms with Crippen LogP contribution in [-0.2, 0) is 0 Å². The van der Waals surface area contributed by atoms with Gasteiger partial charge in [-0.15, -0.1) is 0 Å². The number of halogens is 1. The van der Waals surface area contributed by atoms with Crippen molar-refractivity contribution in [2.75, 3.05) is 14.2 Å². The summed E-state index contributed by atoms with van der Waals surface area (Å²) in [4.78, 5) is 23.5. The first-order valence-corrected chi connectivity index (χ1v) is 6.12. The predicted octanol–water partition coefficient (Wildman–Crippen LogP) is 2.89. The van der Waals surface area contributed by atoms with Gasteiger partial charge in [0, 0.05) is 17.2 Å². The van der Waals surface area contributed by atoms with Gasteiger partial charge in [-0.2, -0.15) is 0 Å². The molecule has 0 unspecified atom stereocenters. The van der Waals surface area contributed by atoms with E-state index in [0.29, 0.717) is 17.8 Å². The summed E-state index contributed by atoms with van der Waals surface area (Å²) >= 11 is 0. The minimum absolute atomic E-state index is 0.00165. The van der Waals surface area contributed by atoms with E-state index >= 15 is 0 Å². The van der Waals surface area contributed by atoms with Gasteiger partial charge in [0.25, 0.3) is 0 Å². The maximum Gasteiger partial charge on any atom is 0.196 e. The first kappa shape index (κ1) is 14.7. The standard InChI is InChI=1S/C16H13FO4/c1-20-12-6-11(7-13(8-12)21-2)16(19)15-10(9-18)4-3-5-14(15)17/h3-9H,1-2H3. The zero-order chi connectivity index (χ0) is 15.4. The molecule has 0 aliphatic rings. The molecule has 2 rings (SSSR count). The molecule has 21 heavy (non-hydrogen) atoms. The average Bonchev–Trinajstić information content (AvgIpc) is 2.53. The monoisotopic (exact) mass is 288 g/mol. The van der Waals surface area contributed by atoms with Crippen LogP contribution in [0.15, 0.2) is 36.4 Å². The Morgan fingerprint density at radius 2 is 1.71 bits per heavy atom. The molecule has 0 spiro atoms. The van der Waals surface area contributed by atoms with Crippen molar-refractivity contribution < 1.29 is 23.5 Å². The van der Waals surface area contributed by atoms with E-state index in [-0.39, 0.29) is 16.7 Å². The molecule has 0 amide bonds. The average molecular weight is 288 g/mol. The van der Waals surface area contributed by atoms with Crippen LogP contribution in [0.1, 0.15) is 26.3 Å². The SMILES string of the molecule is COc1cc(OC)cc(C(=O)c2c(F)cccc2C=O)c1. The number of hydrogen-bond acceptors (Lipinski definition) is 4. The van der Waals surface area contributed by atoms with Crippen LogP contribution in [0, 0.1) is 5.82 Å². The largest absolute Gasteiger partial charge is 0.497 e. The molecule has 0 aromatic heterocycles. The highest BCUT2D eigenvalue weighted by atomic mass is 19.1. The molecule has 0 saturated carbocycles. The summed E-state index contributed by atoms with van der Waals surface area (Å²) in [6.07, 6.45) is 0.452. The third-order valence-electron chi connectivity index (χ3n) is 3.01. The first-order valence-electron chi connectivity index (χ1n) is 6.12. The molecule has 0 fully saturated rings. The zero-order valence-electron chi connectivity index (χ0n) is 11.6. The van der Waals surface area contributed by atoms with Crippen LogP contribution in [0.3, 0.4) is 0 Å². The van der Waals surface area contributed by atoms with E-state index in [0.717, 1.165) is 6.07 Å². The Hall–Kier alpha value is -2.69. The van der Waals surface area contributed by atoms with Gasteiger partial charge in [-0.1, -0.05) is 12.1 Å². The smallest absolute Gasteiger partial charge is 0.196 e. The van der Waals surface area contributed by atoms with Gasteiger partial charge in [-0.3, -0.25) is 9.59 Å². The third-order valence-corrected chi connectivity index (χ3v) is 3.01. The van der Waals surface area contributed by atoms with Gasteiger partial charge in [-0.05, 0) is 18.2 Å². The van der Waals surface area contributed by atoms with E-state index in [1.807, 2.05) is 0 Å². The van der Waals surface area contributed by atoms with Gasteiger partial charge in [0.15, 0.2) is 12.1 Å². The predicted molar refractivity (Wildman–Crippen MR) is 74.8 cm³/mol. The van der Waals surface area contributed by atoms with Crippen LogP contribution in [0.25, 0.3) is 0 Å². The molecule has 0 N–H and O–H groups in total. The first-order chi connectivity index (χ1) is 10.1. The molecular formula is C16H13FO4. The number of hydrogen-bond donors (Lipinski definition) is 0. The number of aldehydes is 1. The molecule has 0 aliphatic heterocycles. The number of carbonyl (C=O) groups excluding carboxylic acids is 2. The van der Waals surface area contributed by atoms with Crippen molar-refractivity contribution in [3.05, 3.63) is 58.9 Å². The van der Waals surface area contributed by atoms with Crippen molar-refractivity contribution in [3.8, 4) is 11.5 Å². The Balaban J connectivity index is 2.57. The molecule has 5 heteroatoms. The van der Waals surface area contributed by atoms with Gasteiger partial charge in [0.2, 0.25) is 0 Å². The molecule has 0 bridgehead atoms. The van der Waals surface area contributed by atoms with E-state index in [9.17, 15) is 14.0 Å². The van der Waals surface area contributed by atoms with Crippen LogP contribution in [0.5, 0.6) is 11.5 Å². The van der Waals surface area contributed by atoms with E-state index in [4.69, 9.17) is 9.47 Å². The van der Waals surface area contributed by atoms with Crippen LogP contribution < -0.4 is 9.47 Å². The lowest BCUT2D eigenvalue weighted by Gasteiger charge is -2.09. The Morgan fingerprint density at radius 3 is 2.24 bits per heavy atom. The van der Waals surface area contributed by atoms with Crippen LogP contribution in [0.2, 0.25) is 0 Å². The van der Waals surface area contributed by atoms with Crippen LogP contribution >= 0.6 is 0 Å². The number of carbonyl (C=O) groups is 2. The van der Waals surface area contributed by atoms with E-state index in [2.05, 4.69) is 0 Å². The Bertz CT molecular complexity index is 672. The Labute approximate surface area is 121 Å². The summed E-state index contributed by atoms with van der Waals surface area (Å²) in [7, 11) is 2.89. The summed E-state index contributed by atoms with van der Waals surface area (Å²) < 4.78 is 24.0. The van der Waals surface area contributed by atoms with Gasteiger partial charge < -0.3 is 9.47 Å². The summed E-state index contributed by atoms with van der Waals surface area (Å²) in [6.45, 7) is 0. The molecule has 0 radical (unpaired) electrons. The molecule has 0 heterocycles. The fourth-order valence-corrected chi connectivity index (χ4v) is 1.96. The number of benzene rings is 2. The second kappa shape index (κ2) is 6.17. The summed E-state index contributed by atoms with van der Waals surface area (Å²) in [5.41, 5.74) is -0.0796. The Morgan fingerprint density at radius 1 is 1.10 bits per heavy atom. The second-order valence-corrected chi connectivity index (χ2v) is 4.25. The van der Waals surface area contributed by atoms with Gasteiger partial charge >= 0.3 is 0 Å². The fraction of sp³-hybridized carbons (Fsp3) is 0.125. The number of rotatable bonds is 5. The fourth-order valence-electron chi connectivity index (χ4n) is 1.96. The number of ketones is 1. The zero-order valence-corrected chi connectivity index (χ0v) is 11.6. The molecule has 108 valence electrons. The lowest BCUT2D eigenvalue weighted by molar-refractivity contribution is 0.102. The van der Waals surface area contributed by atoms with Crippen molar-refractivity contribution in [1.82, 2.24) is 0 Å². The minimum Gasteiger partial charge on any atom is -0.497 e. The molecule has 0 atom stereocenters.